The molecule has 7 nitrogen and oxygen atoms in total. The number of aromatic amines is 1. The van der Waals surface area contributed by atoms with Gasteiger partial charge in [-0.1, -0.05) is 17.8 Å². The van der Waals surface area contributed by atoms with Crippen LogP contribution in [-0.2, 0) is 4.79 Å². The highest BCUT2D eigenvalue weighted by Crippen LogP contribution is 2.33. The van der Waals surface area contributed by atoms with Crippen LogP contribution in [-0.4, -0.2) is 26.6 Å². The minimum Gasteiger partial charge on any atom is -0.463 e. The van der Waals surface area contributed by atoms with Crippen LogP contribution in [0.3, 0.4) is 0 Å². The number of thioether (sulfide) groups is 1. The molecule has 28 heavy (non-hydrogen) atoms. The van der Waals surface area contributed by atoms with E-state index in [1.807, 2.05) is 43.3 Å². The van der Waals surface area contributed by atoms with E-state index in [0.717, 1.165) is 11.4 Å². The summed E-state index contributed by atoms with van der Waals surface area (Å²) in [6.45, 7) is 1.88. The number of anilines is 1. The molecule has 4 rings (SSSR count). The Morgan fingerprint density at radius 1 is 1.07 bits per heavy atom. The van der Waals surface area contributed by atoms with Crippen LogP contribution in [0.2, 0.25) is 0 Å². The Balaban J connectivity index is 1.41. The first kappa shape index (κ1) is 18.1. The minimum atomic E-state index is -0.0883. The molecular weight excluding hydrogens is 376 g/mol. The van der Waals surface area contributed by atoms with E-state index in [9.17, 15) is 4.79 Å². The average molecular weight is 394 g/mol. The van der Waals surface area contributed by atoms with Gasteiger partial charge >= 0.3 is 0 Å². The summed E-state index contributed by atoms with van der Waals surface area (Å²) in [6, 6.07) is 12.9. The van der Waals surface area contributed by atoms with E-state index in [-0.39, 0.29) is 5.91 Å². The van der Waals surface area contributed by atoms with E-state index in [1.54, 1.807) is 18.6 Å². The molecule has 4 heterocycles. The van der Waals surface area contributed by atoms with Crippen molar-refractivity contribution in [2.45, 2.75) is 18.5 Å². The largest absolute Gasteiger partial charge is 0.463 e. The molecule has 8 heteroatoms. The predicted molar refractivity (Wildman–Crippen MR) is 107 cm³/mol. The zero-order valence-electron chi connectivity index (χ0n) is 15.1. The Kier molecular flexibility index (Phi) is 5.29. The van der Waals surface area contributed by atoms with Gasteiger partial charge in [0.05, 0.1) is 12.5 Å². The molecule has 0 saturated heterocycles. The molecule has 0 aliphatic heterocycles. The lowest BCUT2D eigenvalue weighted by Crippen LogP contribution is -2.13. The molecule has 0 atom stereocenters. The van der Waals surface area contributed by atoms with Crippen molar-refractivity contribution in [2.75, 3.05) is 11.1 Å². The Labute approximate surface area is 165 Å². The summed E-state index contributed by atoms with van der Waals surface area (Å²) >= 11 is 1.46. The van der Waals surface area contributed by atoms with Crippen LogP contribution in [0, 0.1) is 6.92 Å². The molecule has 4 aromatic heterocycles. The minimum absolute atomic E-state index is 0.0883. The van der Waals surface area contributed by atoms with E-state index in [4.69, 9.17) is 8.83 Å². The smallest absolute Gasteiger partial charge is 0.226 e. The topological polar surface area (TPSA) is 97.0 Å². The molecule has 2 N–H and O–H groups in total. The van der Waals surface area contributed by atoms with Crippen LogP contribution >= 0.6 is 11.8 Å². The molecule has 0 fully saturated rings. The van der Waals surface area contributed by atoms with E-state index in [2.05, 4.69) is 20.3 Å². The van der Waals surface area contributed by atoms with Crippen molar-refractivity contribution in [1.29, 1.82) is 0 Å². The maximum Gasteiger partial charge on any atom is 0.226 e. The monoisotopic (exact) mass is 394 g/mol. The molecule has 0 unspecified atom stereocenters. The maximum absolute atomic E-state index is 12.1. The number of rotatable bonds is 7. The van der Waals surface area contributed by atoms with Crippen molar-refractivity contribution in [3.63, 3.8) is 0 Å². The molecule has 0 saturated carbocycles. The number of hydrogen-bond acceptors (Lipinski definition) is 6. The van der Waals surface area contributed by atoms with Gasteiger partial charge in [-0.15, -0.1) is 0 Å². The van der Waals surface area contributed by atoms with Gasteiger partial charge in [0.25, 0.3) is 0 Å². The Morgan fingerprint density at radius 3 is 2.57 bits per heavy atom. The number of carbonyl (C=O) groups excluding carboxylic acids is 1. The second-order valence-corrected chi connectivity index (χ2v) is 7.11. The van der Waals surface area contributed by atoms with E-state index in [0.29, 0.717) is 40.4 Å². The summed E-state index contributed by atoms with van der Waals surface area (Å²) in [5.41, 5.74) is 2.28. The summed E-state index contributed by atoms with van der Waals surface area (Å²) < 4.78 is 11.0. The van der Waals surface area contributed by atoms with E-state index < -0.39 is 0 Å². The number of imidazole rings is 1. The molecule has 0 aromatic carbocycles. The van der Waals surface area contributed by atoms with Crippen molar-refractivity contribution >= 4 is 23.5 Å². The van der Waals surface area contributed by atoms with Gasteiger partial charge in [-0.2, -0.15) is 0 Å². The van der Waals surface area contributed by atoms with E-state index in [1.165, 1.54) is 11.8 Å². The fourth-order valence-electron chi connectivity index (χ4n) is 2.67. The zero-order valence-corrected chi connectivity index (χ0v) is 16.0. The molecule has 1 amide bonds. The summed E-state index contributed by atoms with van der Waals surface area (Å²) in [5.74, 6) is 2.37. The van der Waals surface area contributed by atoms with Crippen LogP contribution in [0.5, 0.6) is 0 Å². The van der Waals surface area contributed by atoms with Crippen molar-refractivity contribution in [2.24, 2.45) is 0 Å². The van der Waals surface area contributed by atoms with Crippen LogP contribution < -0.4 is 5.32 Å². The summed E-state index contributed by atoms with van der Waals surface area (Å²) in [5, 5.41) is 3.50. The zero-order chi connectivity index (χ0) is 19.3. The lowest BCUT2D eigenvalue weighted by molar-refractivity contribution is -0.115. The number of nitrogens with zero attached hydrogens (tertiary/aromatic N) is 2. The van der Waals surface area contributed by atoms with Gasteiger partial charge in [0, 0.05) is 17.9 Å². The Morgan fingerprint density at radius 2 is 1.86 bits per heavy atom. The number of H-pyrrole nitrogens is 1. The SMILES string of the molecule is Cc1cccc(NC(=O)CCSc2nc(-c3ccco3)c(-c3ccco3)[nH]2)n1. The lowest BCUT2D eigenvalue weighted by atomic mass is 10.2. The van der Waals surface area contributed by atoms with Crippen molar-refractivity contribution in [3.05, 3.63) is 60.7 Å². The van der Waals surface area contributed by atoms with Crippen LogP contribution in [0.4, 0.5) is 5.82 Å². The fraction of sp³-hybridized carbons (Fsp3) is 0.150. The molecule has 0 spiro atoms. The molecule has 4 aromatic rings. The highest BCUT2D eigenvalue weighted by molar-refractivity contribution is 7.99. The number of aryl methyl sites for hydroxylation is 1. The number of nitrogens with one attached hydrogen (secondary N) is 2. The van der Waals surface area contributed by atoms with Gasteiger partial charge in [-0.3, -0.25) is 4.79 Å². The molecule has 0 aliphatic carbocycles. The summed E-state index contributed by atoms with van der Waals surface area (Å²) in [6.07, 6.45) is 3.55. The Hall–Kier alpha value is -3.26. The number of aromatic nitrogens is 3. The van der Waals surface area contributed by atoms with Crippen molar-refractivity contribution in [3.8, 4) is 22.9 Å². The predicted octanol–water partition coefficient (Wildman–Crippen LogP) is 4.75. The van der Waals surface area contributed by atoms with Gasteiger partial charge in [-0.05, 0) is 43.3 Å². The van der Waals surface area contributed by atoms with E-state index >= 15 is 0 Å². The van der Waals surface area contributed by atoms with Crippen LogP contribution in [0.1, 0.15) is 12.1 Å². The first-order chi connectivity index (χ1) is 13.7. The Bertz CT molecular complexity index is 1000. The third-order valence-electron chi connectivity index (χ3n) is 3.93. The number of hydrogen-bond donors (Lipinski definition) is 2. The van der Waals surface area contributed by atoms with Crippen molar-refractivity contribution < 1.29 is 13.6 Å². The second kappa shape index (κ2) is 8.18. The van der Waals surface area contributed by atoms with Gasteiger partial charge < -0.3 is 19.1 Å². The maximum atomic E-state index is 12.1. The number of furan rings is 2. The van der Waals surface area contributed by atoms with Gasteiger partial charge in [0.2, 0.25) is 5.91 Å². The fourth-order valence-corrected chi connectivity index (χ4v) is 3.48. The highest BCUT2D eigenvalue weighted by Gasteiger charge is 2.18. The lowest BCUT2D eigenvalue weighted by Gasteiger charge is -2.04. The normalized spacial score (nSPS) is 10.9. The third-order valence-corrected chi connectivity index (χ3v) is 4.80. The third kappa shape index (κ3) is 4.17. The molecular formula is C20H18N4O3S. The second-order valence-electron chi connectivity index (χ2n) is 6.03. The molecule has 0 radical (unpaired) electrons. The van der Waals surface area contributed by atoms with Crippen LogP contribution in [0.25, 0.3) is 22.9 Å². The molecule has 0 bridgehead atoms. The van der Waals surface area contributed by atoms with Crippen LogP contribution in [0.15, 0.2) is 69.0 Å². The highest BCUT2D eigenvalue weighted by atomic mass is 32.2. The first-order valence-electron chi connectivity index (χ1n) is 8.73. The number of amides is 1. The number of pyridine rings is 1. The molecule has 142 valence electrons. The summed E-state index contributed by atoms with van der Waals surface area (Å²) in [7, 11) is 0. The van der Waals surface area contributed by atoms with Gasteiger partial charge in [-0.25, -0.2) is 9.97 Å². The van der Waals surface area contributed by atoms with Gasteiger partial charge in [0.15, 0.2) is 16.7 Å². The average Bonchev–Trinajstić information content (AvgIpc) is 3.42. The van der Waals surface area contributed by atoms with Crippen molar-refractivity contribution in [1.82, 2.24) is 15.0 Å². The summed E-state index contributed by atoms with van der Waals surface area (Å²) in [4.78, 5) is 24.3. The molecule has 0 aliphatic rings. The van der Waals surface area contributed by atoms with Gasteiger partial charge in [0.1, 0.15) is 17.2 Å². The standard InChI is InChI=1S/C20H18N4O3S/c1-13-5-2-8-16(21-13)22-17(25)9-12-28-20-23-18(14-6-3-10-26-14)19(24-20)15-7-4-11-27-15/h2-8,10-11H,9,12H2,1H3,(H,23,24)(H,21,22,25). The number of carbonyl (C=O) groups is 1. The quantitative estimate of drug-likeness (QED) is 0.439. The first-order valence-corrected chi connectivity index (χ1v) is 9.71.